The molecule has 1 amide bonds. The van der Waals surface area contributed by atoms with E-state index in [1.807, 2.05) is 47.0 Å². The number of rotatable bonds is 3. The van der Waals surface area contributed by atoms with Gasteiger partial charge in [0.2, 0.25) is 0 Å². The van der Waals surface area contributed by atoms with Gasteiger partial charge in [-0.3, -0.25) is 9.20 Å². The highest BCUT2D eigenvalue weighted by molar-refractivity contribution is 14.1. The molecule has 0 saturated heterocycles. The minimum Gasteiger partial charge on any atom is -0.345 e. The fourth-order valence-electron chi connectivity index (χ4n) is 1.90. The van der Waals surface area contributed by atoms with E-state index in [1.165, 1.54) is 0 Å². The molecule has 0 bridgehead atoms. The van der Waals surface area contributed by atoms with Crippen LogP contribution in [0.25, 0.3) is 5.65 Å². The third kappa shape index (κ3) is 2.64. The third-order valence-electron chi connectivity index (χ3n) is 2.88. The summed E-state index contributed by atoms with van der Waals surface area (Å²) < 4.78 is 2.89. The molecule has 0 aliphatic heterocycles. The zero-order valence-corrected chi connectivity index (χ0v) is 12.6. The first-order chi connectivity index (χ1) is 9.74. The number of hydrogen-bond donors (Lipinski definition) is 1. The predicted molar refractivity (Wildman–Crippen MR) is 83.3 cm³/mol. The molecule has 0 fully saturated rings. The Morgan fingerprint density at radius 1 is 1.20 bits per heavy atom. The van der Waals surface area contributed by atoms with Gasteiger partial charge >= 0.3 is 0 Å². The molecule has 5 nitrogen and oxygen atoms in total. The van der Waals surface area contributed by atoms with Crippen molar-refractivity contribution in [2.75, 3.05) is 0 Å². The molecule has 0 aliphatic rings. The minimum absolute atomic E-state index is 0.115. The lowest BCUT2D eigenvalue weighted by atomic mass is 10.2. The van der Waals surface area contributed by atoms with Gasteiger partial charge in [-0.2, -0.15) is 0 Å². The molecule has 1 aromatic carbocycles. The molecule has 0 saturated carbocycles. The maximum Gasteiger partial charge on any atom is 0.251 e. The summed E-state index contributed by atoms with van der Waals surface area (Å²) in [5.74, 6) is 0.593. The van der Waals surface area contributed by atoms with E-state index in [9.17, 15) is 4.79 Å². The zero-order chi connectivity index (χ0) is 13.9. The van der Waals surface area contributed by atoms with E-state index >= 15 is 0 Å². The molecule has 6 heteroatoms. The molecule has 2 aromatic heterocycles. The first-order valence-electron chi connectivity index (χ1n) is 6.06. The number of hydrogen-bond acceptors (Lipinski definition) is 3. The van der Waals surface area contributed by atoms with E-state index in [-0.39, 0.29) is 5.91 Å². The second-order valence-corrected chi connectivity index (χ2v) is 5.48. The lowest BCUT2D eigenvalue weighted by Gasteiger charge is -2.04. The van der Waals surface area contributed by atoms with Crippen molar-refractivity contribution < 1.29 is 4.79 Å². The molecule has 20 heavy (non-hydrogen) atoms. The fourth-order valence-corrected chi connectivity index (χ4v) is 2.45. The van der Waals surface area contributed by atoms with Crippen LogP contribution in [-0.2, 0) is 6.54 Å². The highest BCUT2D eigenvalue weighted by atomic mass is 127. The monoisotopic (exact) mass is 378 g/mol. The molecule has 0 aliphatic carbocycles. The Bertz CT molecular complexity index is 768. The molecule has 0 radical (unpaired) electrons. The largest absolute Gasteiger partial charge is 0.345 e. The fraction of sp³-hybridized carbons (Fsp3) is 0.0714. The van der Waals surface area contributed by atoms with E-state index in [0.29, 0.717) is 17.9 Å². The number of aromatic nitrogens is 3. The number of nitrogens with one attached hydrogen (secondary N) is 1. The van der Waals surface area contributed by atoms with E-state index in [4.69, 9.17) is 0 Å². The molecular weight excluding hydrogens is 367 g/mol. The van der Waals surface area contributed by atoms with Crippen LogP contribution in [0.15, 0.2) is 48.7 Å². The topological polar surface area (TPSA) is 59.3 Å². The van der Waals surface area contributed by atoms with Gasteiger partial charge in [-0.05, 0) is 52.9 Å². The van der Waals surface area contributed by atoms with E-state index in [1.54, 1.807) is 6.07 Å². The van der Waals surface area contributed by atoms with E-state index < -0.39 is 0 Å². The maximum atomic E-state index is 12.1. The number of halogens is 1. The summed E-state index contributed by atoms with van der Waals surface area (Å²) in [5, 5.41) is 11.0. The van der Waals surface area contributed by atoms with Crippen molar-refractivity contribution in [2.24, 2.45) is 0 Å². The van der Waals surface area contributed by atoms with Crippen LogP contribution in [0.1, 0.15) is 16.2 Å². The summed E-state index contributed by atoms with van der Waals surface area (Å²) >= 11 is 2.18. The van der Waals surface area contributed by atoms with Gasteiger partial charge in [0.1, 0.15) is 0 Å². The summed E-state index contributed by atoms with van der Waals surface area (Å²) in [7, 11) is 0. The summed E-state index contributed by atoms with van der Waals surface area (Å²) in [6.07, 6.45) is 1.88. The van der Waals surface area contributed by atoms with Crippen LogP contribution in [0.4, 0.5) is 0 Å². The Hall–Kier alpha value is -1.96. The average Bonchev–Trinajstić information content (AvgIpc) is 2.88. The molecule has 100 valence electrons. The lowest BCUT2D eigenvalue weighted by Crippen LogP contribution is -2.24. The van der Waals surface area contributed by atoms with E-state index in [0.717, 1.165) is 9.22 Å². The number of carbonyl (C=O) groups is 1. The number of benzene rings is 1. The summed E-state index contributed by atoms with van der Waals surface area (Å²) in [6, 6.07) is 13.1. The van der Waals surface area contributed by atoms with Gasteiger partial charge in [-0.25, -0.2) is 0 Å². The molecule has 0 unspecified atom stereocenters. The van der Waals surface area contributed by atoms with Gasteiger partial charge in [-0.15, -0.1) is 10.2 Å². The number of carbonyl (C=O) groups excluding carboxylic acids is 1. The van der Waals surface area contributed by atoms with Gasteiger partial charge in [-0.1, -0.05) is 12.1 Å². The van der Waals surface area contributed by atoms with Crippen molar-refractivity contribution in [3.8, 4) is 0 Å². The molecule has 3 rings (SSSR count). The van der Waals surface area contributed by atoms with Crippen molar-refractivity contribution in [3.63, 3.8) is 0 Å². The predicted octanol–water partition coefficient (Wildman–Crippen LogP) is 2.26. The van der Waals surface area contributed by atoms with E-state index in [2.05, 4.69) is 38.1 Å². The second kappa shape index (κ2) is 5.58. The number of pyridine rings is 1. The molecule has 3 aromatic rings. The van der Waals surface area contributed by atoms with Gasteiger partial charge in [0.25, 0.3) is 5.91 Å². The van der Waals surface area contributed by atoms with Crippen molar-refractivity contribution >= 4 is 34.1 Å². The second-order valence-electron chi connectivity index (χ2n) is 4.24. The van der Waals surface area contributed by atoms with Crippen molar-refractivity contribution in [1.29, 1.82) is 0 Å². The first kappa shape index (κ1) is 13.0. The molecule has 2 heterocycles. The van der Waals surface area contributed by atoms with Crippen molar-refractivity contribution in [1.82, 2.24) is 19.9 Å². The molecule has 0 atom stereocenters. The summed E-state index contributed by atoms with van der Waals surface area (Å²) in [5.41, 5.74) is 1.41. The minimum atomic E-state index is -0.115. The number of fused-ring (bicyclic) bond motifs is 1. The highest BCUT2D eigenvalue weighted by Crippen LogP contribution is 2.08. The van der Waals surface area contributed by atoms with Crippen molar-refractivity contribution in [2.45, 2.75) is 6.54 Å². The molecule has 1 N–H and O–H groups in total. The maximum absolute atomic E-state index is 12.1. The Morgan fingerprint density at radius 3 is 2.95 bits per heavy atom. The molecular formula is C14H11IN4O. The van der Waals surface area contributed by atoms with Crippen LogP contribution in [0, 0.1) is 3.57 Å². The standard InChI is InChI=1S/C14H11IN4O/c15-11-5-3-4-10(8-11)14(20)16-9-13-18-17-12-6-1-2-7-19(12)13/h1-8H,9H2,(H,16,20). The average molecular weight is 378 g/mol. The van der Waals surface area contributed by atoms with Gasteiger partial charge in [0, 0.05) is 15.3 Å². The van der Waals surface area contributed by atoms with Crippen LogP contribution in [0.2, 0.25) is 0 Å². The quantitative estimate of drug-likeness (QED) is 0.712. The normalized spacial score (nSPS) is 10.7. The van der Waals surface area contributed by atoms with Gasteiger partial charge in [0.05, 0.1) is 6.54 Å². The highest BCUT2D eigenvalue weighted by Gasteiger charge is 2.08. The SMILES string of the molecule is O=C(NCc1nnc2ccccn12)c1cccc(I)c1. The zero-order valence-electron chi connectivity index (χ0n) is 10.5. The van der Waals surface area contributed by atoms with Gasteiger partial charge in [0.15, 0.2) is 11.5 Å². The van der Waals surface area contributed by atoms with Gasteiger partial charge < -0.3 is 5.32 Å². The first-order valence-corrected chi connectivity index (χ1v) is 7.14. The lowest BCUT2D eigenvalue weighted by molar-refractivity contribution is 0.0949. The third-order valence-corrected chi connectivity index (χ3v) is 3.55. The Kier molecular flexibility index (Phi) is 3.64. The summed E-state index contributed by atoms with van der Waals surface area (Å²) in [4.78, 5) is 12.1. The van der Waals surface area contributed by atoms with Crippen molar-refractivity contribution in [3.05, 3.63) is 63.6 Å². The molecule has 0 spiro atoms. The van der Waals surface area contributed by atoms with Crippen LogP contribution >= 0.6 is 22.6 Å². The van der Waals surface area contributed by atoms with Crippen LogP contribution in [0.5, 0.6) is 0 Å². The number of amides is 1. The van der Waals surface area contributed by atoms with Crippen LogP contribution < -0.4 is 5.32 Å². The number of nitrogens with zero attached hydrogens (tertiary/aromatic N) is 3. The van der Waals surface area contributed by atoms with Crippen LogP contribution in [0.3, 0.4) is 0 Å². The Balaban J connectivity index is 1.75. The smallest absolute Gasteiger partial charge is 0.251 e. The Labute approximate surface area is 129 Å². The Morgan fingerprint density at radius 2 is 2.10 bits per heavy atom. The van der Waals surface area contributed by atoms with Crippen LogP contribution in [-0.4, -0.2) is 20.5 Å². The summed E-state index contributed by atoms with van der Waals surface area (Å²) in [6.45, 7) is 0.343.